The second kappa shape index (κ2) is 4.97. The molecular weight excluding hydrogens is 270 g/mol. The second-order valence-electron chi connectivity index (χ2n) is 6.41. The van der Waals surface area contributed by atoms with Gasteiger partial charge in [-0.25, -0.2) is 9.97 Å². The fraction of sp³-hybridized carbons (Fsp3) is 0.600. The van der Waals surface area contributed by atoms with Gasteiger partial charge < -0.3 is 10.1 Å². The van der Waals surface area contributed by atoms with Crippen LogP contribution in [0.5, 0.6) is 0 Å². The molecule has 2 aromatic heterocycles. The summed E-state index contributed by atoms with van der Waals surface area (Å²) in [6, 6.07) is 0. The highest BCUT2D eigenvalue weighted by molar-refractivity contribution is 7.18. The van der Waals surface area contributed by atoms with E-state index < -0.39 is 0 Å². The van der Waals surface area contributed by atoms with Crippen LogP contribution in [0.4, 0.5) is 5.82 Å². The first-order valence-electron chi connectivity index (χ1n) is 7.09. The minimum absolute atomic E-state index is 0.105. The largest absolute Gasteiger partial charge is 0.370 e. The van der Waals surface area contributed by atoms with Gasteiger partial charge in [-0.2, -0.15) is 0 Å². The Morgan fingerprint density at radius 3 is 2.95 bits per heavy atom. The van der Waals surface area contributed by atoms with Gasteiger partial charge in [-0.05, 0) is 25.3 Å². The van der Waals surface area contributed by atoms with Crippen LogP contribution in [0.3, 0.4) is 0 Å². The zero-order valence-electron chi connectivity index (χ0n) is 12.5. The maximum Gasteiger partial charge on any atom is 0.138 e. The van der Waals surface area contributed by atoms with E-state index in [1.165, 1.54) is 15.8 Å². The molecule has 0 aliphatic carbocycles. The molecule has 0 saturated heterocycles. The molecule has 0 spiro atoms. The Morgan fingerprint density at radius 1 is 1.40 bits per heavy atom. The highest BCUT2D eigenvalue weighted by Crippen LogP contribution is 2.40. The molecule has 1 N–H and O–H groups in total. The lowest BCUT2D eigenvalue weighted by Gasteiger charge is -2.30. The first kappa shape index (κ1) is 13.8. The summed E-state index contributed by atoms with van der Waals surface area (Å²) in [7, 11) is 0. The van der Waals surface area contributed by atoms with E-state index in [9.17, 15) is 0 Å². The molecule has 4 nitrogen and oxygen atoms in total. The Labute approximate surface area is 123 Å². The molecule has 1 aliphatic heterocycles. The van der Waals surface area contributed by atoms with Crippen molar-refractivity contribution in [2.24, 2.45) is 5.92 Å². The SMILES string of the molecule is CC(C)CNc1ncnc2sc3c(c12)CC(C)(C)OC3. The van der Waals surface area contributed by atoms with Crippen LogP contribution in [0.15, 0.2) is 6.33 Å². The third-order valence-corrected chi connectivity index (χ3v) is 4.66. The Hall–Kier alpha value is -1.20. The third-order valence-electron chi connectivity index (χ3n) is 3.54. The van der Waals surface area contributed by atoms with Gasteiger partial charge in [-0.3, -0.25) is 0 Å². The van der Waals surface area contributed by atoms with E-state index in [1.54, 1.807) is 17.7 Å². The fourth-order valence-corrected chi connectivity index (χ4v) is 3.58. The topological polar surface area (TPSA) is 47.0 Å². The van der Waals surface area contributed by atoms with E-state index in [0.29, 0.717) is 12.5 Å². The predicted molar refractivity (Wildman–Crippen MR) is 83.3 cm³/mol. The summed E-state index contributed by atoms with van der Waals surface area (Å²) in [5.74, 6) is 1.56. The van der Waals surface area contributed by atoms with Crippen LogP contribution in [-0.4, -0.2) is 22.1 Å². The highest BCUT2D eigenvalue weighted by atomic mass is 32.1. The smallest absolute Gasteiger partial charge is 0.138 e. The van der Waals surface area contributed by atoms with Gasteiger partial charge in [0.05, 0.1) is 17.6 Å². The van der Waals surface area contributed by atoms with Crippen LogP contribution >= 0.6 is 11.3 Å². The Morgan fingerprint density at radius 2 is 2.20 bits per heavy atom. The van der Waals surface area contributed by atoms with Crippen molar-refractivity contribution in [2.45, 2.75) is 46.3 Å². The van der Waals surface area contributed by atoms with Crippen molar-refractivity contribution in [3.05, 3.63) is 16.8 Å². The van der Waals surface area contributed by atoms with E-state index in [-0.39, 0.29) is 5.60 Å². The van der Waals surface area contributed by atoms with Crippen LogP contribution in [0.25, 0.3) is 10.2 Å². The fourth-order valence-electron chi connectivity index (χ4n) is 2.51. The van der Waals surface area contributed by atoms with Crippen LogP contribution < -0.4 is 5.32 Å². The lowest BCUT2D eigenvalue weighted by atomic mass is 9.94. The van der Waals surface area contributed by atoms with Crippen molar-refractivity contribution >= 4 is 27.4 Å². The van der Waals surface area contributed by atoms with Crippen LogP contribution in [-0.2, 0) is 17.8 Å². The predicted octanol–water partition coefficient (Wildman–Crippen LogP) is 3.61. The summed E-state index contributed by atoms with van der Waals surface area (Å²) in [5, 5.41) is 4.66. The highest BCUT2D eigenvalue weighted by Gasteiger charge is 2.30. The van der Waals surface area contributed by atoms with Gasteiger partial charge in [-0.1, -0.05) is 13.8 Å². The molecule has 0 unspecified atom stereocenters. The molecule has 2 aromatic rings. The first-order valence-corrected chi connectivity index (χ1v) is 7.91. The van der Waals surface area contributed by atoms with Crippen molar-refractivity contribution in [3.63, 3.8) is 0 Å². The van der Waals surface area contributed by atoms with Gasteiger partial charge in [-0.15, -0.1) is 11.3 Å². The molecule has 0 aromatic carbocycles. The summed E-state index contributed by atoms with van der Waals surface area (Å²) in [5.41, 5.74) is 1.26. The number of aromatic nitrogens is 2. The molecule has 108 valence electrons. The average molecular weight is 291 g/mol. The molecule has 3 heterocycles. The lowest BCUT2D eigenvalue weighted by Crippen LogP contribution is -2.31. The van der Waals surface area contributed by atoms with Crippen LogP contribution in [0, 0.1) is 5.92 Å². The van der Waals surface area contributed by atoms with Crippen molar-refractivity contribution < 1.29 is 4.74 Å². The molecule has 0 radical (unpaired) electrons. The summed E-state index contributed by atoms with van der Waals surface area (Å²) < 4.78 is 5.90. The minimum Gasteiger partial charge on any atom is -0.370 e. The van der Waals surface area contributed by atoms with Gasteiger partial charge >= 0.3 is 0 Å². The van der Waals surface area contributed by atoms with Crippen molar-refractivity contribution in [1.82, 2.24) is 9.97 Å². The van der Waals surface area contributed by atoms with E-state index >= 15 is 0 Å². The minimum atomic E-state index is -0.105. The van der Waals surface area contributed by atoms with E-state index in [4.69, 9.17) is 4.74 Å². The summed E-state index contributed by atoms with van der Waals surface area (Å²) in [6.45, 7) is 10.3. The Kier molecular flexibility index (Phi) is 3.42. The molecular formula is C15H21N3OS. The van der Waals surface area contributed by atoms with Gasteiger partial charge in [0, 0.05) is 17.8 Å². The van der Waals surface area contributed by atoms with Gasteiger partial charge in [0.1, 0.15) is 17.0 Å². The number of fused-ring (bicyclic) bond motifs is 3. The number of hydrogen-bond donors (Lipinski definition) is 1. The van der Waals surface area contributed by atoms with Crippen molar-refractivity contribution in [3.8, 4) is 0 Å². The standard InChI is InChI=1S/C15H21N3OS/c1-9(2)6-16-13-12-10-5-15(3,4)19-7-11(10)20-14(12)18-8-17-13/h8-9H,5-7H2,1-4H3,(H,16,17,18). The molecule has 0 fully saturated rings. The zero-order valence-corrected chi connectivity index (χ0v) is 13.3. The van der Waals surface area contributed by atoms with E-state index in [2.05, 4.69) is 43.0 Å². The molecule has 5 heteroatoms. The van der Waals surface area contributed by atoms with E-state index in [1.807, 2.05) is 0 Å². The number of hydrogen-bond acceptors (Lipinski definition) is 5. The van der Waals surface area contributed by atoms with Crippen LogP contribution in [0.2, 0.25) is 0 Å². The zero-order chi connectivity index (χ0) is 14.3. The normalized spacial score (nSPS) is 17.4. The Balaban J connectivity index is 2.06. The summed E-state index contributed by atoms with van der Waals surface area (Å²) in [6.07, 6.45) is 2.57. The average Bonchev–Trinajstić information content (AvgIpc) is 2.73. The Bertz CT molecular complexity index is 633. The number of thiophene rings is 1. The number of nitrogens with one attached hydrogen (secondary N) is 1. The van der Waals surface area contributed by atoms with Crippen molar-refractivity contribution in [2.75, 3.05) is 11.9 Å². The summed E-state index contributed by atoms with van der Waals surface area (Å²) in [4.78, 5) is 11.2. The number of rotatable bonds is 3. The number of ether oxygens (including phenoxy) is 1. The quantitative estimate of drug-likeness (QED) is 0.938. The van der Waals surface area contributed by atoms with Gasteiger partial charge in [0.25, 0.3) is 0 Å². The first-order chi connectivity index (χ1) is 9.46. The molecule has 0 bridgehead atoms. The summed E-state index contributed by atoms with van der Waals surface area (Å²) >= 11 is 1.73. The van der Waals surface area contributed by atoms with Crippen molar-refractivity contribution in [1.29, 1.82) is 0 Å². The molecule has 0 atom stereocenters. The monoisotopic (exact) mass is 291 g/mol. The second-order valence-corrected chi connectivity index (χ2v) is 7.49. The van der Waals surface area contributed by atoms with Gasteiger partial charge in [0.2, 0.25) is 0 Å². The maximum atomic E-state index is 5.90. The molecule has 0 amide bonds. The maximum absolute atomic E-state index is 5.90. The number of nitrogens with zero attached hydrogens (tertiary/aromatic N) is 2. The third kappa shape index (κ3) is 2.52. The van der Waals surface area contributed by atoms with Crippen LogP contribution in [0.1, 0.15) is 38.1 Å². The molecule has 3 rings (SSSR count). The number of anilines is 1. The molecule has 1 aliphatic rings. The van der Waals surface area contributed by atoms with Gasteiger partial charge in [0.15, 0.2) is 0 Å². The van der Waals surface area contributed by atoms with E-state index in [0.717, 1.165) is 23.6 Å². The molecule has 20 heavy (non-hydrogen) atoms. The lowest BCUT2D eigenvalue weighted by molar-refractivity contribution is -0.0379. The molecule has 0 saturated carbocycles.